The molecule has 2 fully saturated rings. The second-order valence-electron chi connectivity index (χ2n) is 9.44. The van der Waals surface area contributed by atoms with Crippen molar-refractivity contribution in [3.63, 3.8) is 0 Å². The third kappa shape index (κ3) is 6.02. The summed E-state index contributed by atoms with van der Waals surface area (Å²) < 4.78 is 15.9. The zero-order chi connectivity index (χ0) is 26.7. The van der Waals surface area contributed by atoms with Crippen LogP contribution in [0.3, 0.4) is 0 Å². The van der Waals surface area contributed by atoms with E-state index >= 15 is 0 Å². The van der Waals surface area contributed by atoms with Crippen molar-refractivity contribution >= 4 is 47.2 Å². The number of thioether (sulfide) groups is 1. The Morgan fingerprint density at radius 2 is 2.00 bits per heavy atom. The Labute approximate surface area is 223 Å². The number of aliphatic hydroxyl groups is 2. The van der Waals surface area contributed by atoms with Gasteiger partial charge in [-0.15, -0.1) is 11.3 Å². The van der Waals surface area contributed by atoms with Crippen LogP contribution >= 0.6 is 23.1 Å². The molecule has 0 spiro atoms. The molecule has 12 heteroatoms. The zero-order valence-corrected chi connectivity index (χ0v) is 22.6. The average Bonchev–Trinajstić information content (AvgIpc) is 3.40. The number of esters is 1. The van der Waals surface area contributed by atoms with Gasteiger partial charge in [0.15, 0.2) is 0 Å². The smallest absolute Gasteiger partial charge is 0.431 e. The Hall–Kier alpha value is -2.41. The molecule has 1 unspecified atom stereocenters. The molecule has 1 aromatic heterocycles. The number of hydrogen-bond acceptors (Lipinski definition) is 11. The standard InChI is InChI=1S/C25H32N2O8S2/c1-13-20-19(14(2)29)23(30)27(20)21(22(13)36-10-9-18-26-16(11-28)12-37-18)24(31)33-15(3)34-25(32)35-17-7-5-4-6-8-17/h9-10,12-15,17,19-20,28-29H,4-8,11H2,1-3H3/b10-9-/t13-,14-,15?,19-,20-/m1/s1. The SMILES string of the molecule is CC(OC(=O)OC1CCCCC1)OC(=O)C1=C(S/C=C\c2nc(CO)cs2)[C@H](C)[C@@H]2[C@@H]([C@@H](C)O)C(=O)N12. The van der Waals surface area contributed by atoms with E-state index in [9.17, 15) is 24.6 Å². The van der Waals surface area contributed by atoms with Crippen LogP contribution in [-0.4, -0.2) is 62.7 Å². The first-order valence-corrected chi connectivity index (χ1v) is 14.2. The molecule has 0 aromatic carbocycles. The predicted molar refractivity (Wildman–Crippen MR) is 137 cm³/mol. The summed E-state index contributed by atoms with van der Waals surface area (Å²) in [5.41, 5.74) is 0.651. The van der Waals surface area contributed by atoms with E-state index in [0.29, 0.717) is 15.6 Å². The molecular formula is C25H32N2O8S2. The molecule has 3 aliphatic rings. The van der Waals surface area contributed by atoms with Crippen molar-refractivity contribution in [2.45, 2.75) is 84.0 Å². The lowest BCUT2D eigenvalue weighted by atomic mass is 9.79. The highest BCUT2D eigenvalue weighted by Crippen LogP contribution is 2.51. The molecular weight excluding hydrogens is 520 g/mol. The number of rotatable bonds is 9. The summed E-state index contributed by atoms with van der Waals surface area (Å²) in [7, 11) is 0. The largest absolute Gasteiger partial charge is 0.511 e. The van der Waals surface area contributed by atoms with Gasteiger partial charge in [0.25, 0.3) is 0 Å². The van der Waals surface area contributed by atoms with Crippen LogP contribution < -0.4 is 0 Å². The third-order valence-electron chi connectivity index (χ3n) is 6.79. The summed E-state index contributed by atoms with van der Waals surface area (Å²) in [6.07, 6.45) is 3.26. The van der Waals surface area contributed by atoms with Gasteiger partial charge >= 0.3 is 12.1 Å². The summed E-state index contributed by atoms with van der Waals surface area (Å²) in [6, 6.07) is -0.376. The quantitative estimate of drug-likeness (QED) is 0.265. The van der Waals surface area contributed by atoms with E-state index in [4.69, 9.17) is 14.2 Å². The number of ether oxygens (including phenoxy) is 3. The molecule has 10 nitrogen and oxygen atoms in total. The zero-order valence-electron chi connectivity index (χ0n) is 21.0. The molecule has 2 N–H and O–H groups in total. The predicted octanol–water partition coefficient (Wildman–Crippen LogP) is 3.78. The van der Waals surface area contributed by atoms with Gasteiger partial charge in [-0.05, 0) is 44.1 Å². The maximum atomic E-state index is 13.2. The van der Waals surface area contributed by atoms with Crippen molar-refractivity contribution in [1.29, 1.82) is 0 Å². The Bertz CT molecular complexity index is 1080. The molecule has 1 aromatic rings. The minimum Gasteiger partial charge on any atom is -0.431 e. The lowest BCUT2D eigenvalue weighted by molar-refractivity contribution is -0.174. The minimum absolute atomic E-state index is 0.0836. The molecule has 37 heavy (non-hydrogen) atoms. The first-order valence-electron chi connectivity index (χ1n) is 12.4. The van der Waals surface area contributed by atoms with E-state index in [0.717, 1.165) is 32.1 Å². The highest BCUT2D eigenvalue weighted by Gasteiger charge is 2.60. The van der Waals surface area contributed by atoms with Crippen LogP contribution in [-0.2, 0) is 30.4 Å². The second kappa shape index (κ2) is 12.0. The van der Waals surface area contributed by atoms with E-state index < -0.39 is 30.4 Å². The highest BCUT2D eigenvalue weighted by molar-refractivity contribution is 8.06. The van der Waals surface area contributed by atoms with Crippen molar-refractivity contribution in [3.8, 4) is 0 Å². The van der Waals surface area contributed by atoms with Crippen molar-refractivity contribution in [2.24, 2.45) is 11.8 Å². The monoisotopic (exact) mass is 552 g/mol. The van der Waals surface area contributed by atoms with E-state index in [1.54, 1.807) is 23.8 Å². The van der Waals surface area contributed by atoms with Gasteiger partial charge in [-0.2, -0.15) is 0 Å². The van der Waals surface area contributed by atoms with E-state index in [-0.39, 0.29) is 36.3 Å². The minimum atomic E-state index is -1.22. The highest BCUT2D eigenvalue weighted by atomic mass is 32.2. The molecule has 0 bridgehead atoms. The molecule has 202 valence electrons. The van der Waals surface area contributed by atoms with Crippen molar-refractivity contribution in [2.75, 3.05) is 0 Å². The fraction of sp³-hybridized carbons (Fsp3) is 0.600. The van der Waals surface area contributed by atoms with E-state index in [1.807, 2.05) is 6.92 Å². The van der Waals surface area contributed by atoms with Crippen LogP contribution in [0.2, 0.25) is 0 Å². The molecule has 5 atom stereocenters. The van der Waals surface area contributed by atoms with E-state index in [2.05, 4.69) is 4.98 Å². The Kier molecular flexibility index (Phi) is 8.94. The fourth-order valence-corrected chi connectivity index (χ4v) is 6.80. The van der Waals surface area contributed by atoms with Gasteiger partial charge < -0.3 is 29.3 Å². The lowest BCUT2D eigenvalue weighted by Crippen LogP contribution is -2.63. The first-order chi connectivity index (χ1) is 17.7. The topological polar surface area (TPSA) is 135 Å². The van der Waals surface area contributed by atoms with Gasteiger partial charge in [-0.3, -0.25) is 4.79 Å². The maximum Gasteiger partial charge on any atom is 0.511 e. The number of β-lactam (4-membered cyclic amide) rings is 1. The van der Waals surface area contributed by atoms with Crippen LogP contribution in [0.1, 0.15) is 63.6 Å². The van der Waals surface area contributed by atoms with Crippen LogP contribution in [0.25, 0.3) is 6.08 Å². The van der Waals surface area contributed by atoms with Gasteiger partial charge in [0.1, 0.15) is 16.8 Å². The molecule has 3 heterocycles. The van der Waals surface area contributed by atoms with Crippen LogP contribution in [0.4, 0.5) is 4.79 Å². The summed E-state index contributed by atoms with van der Waals surface area (Å²) in [5.74, 6) is -2.00. The van der Waals surface area contributed by atoms with Crippen molar-refractivity contribution in [3.05, 3.63) is 32.1 Å². The summed E-state index contributed by atoms with van der Waals surface area (Å²) in [6.45, 7) is 4.72. The number of fused-ring (bicyclic) bond motifs is 1. The number of nitrogens with zero attached hydrogens (tertiary/aromatic N) is 2. The van der Waals surface area contributed by atoms with Gasteiger partial charge in [-0.25, -0.2) is 14.6 Å². The fourth-order valence-electron chi connectivity index (χ4n) is 5.02. The summed E-state index contributed by atoms with van der Waals surface area (Å²) in [5, 5.41) is 23.6. The molecule has 1 saturated carbocycles. The Morgan fingerprint density at radius 3 is 2.65 bits per heavy atom. The number of thiazole rings is 1. The maximum absolute atomic E-state index is 13.2. The summed E-state index contributed by atoms with van der Waals surface area (Å²) in [4.78, 5) is 44.5. The van der Waals surface area contributed by atoms with Crippen LogP contribution in [0, 0.1) is 11.8 Å². The van der Waals surface area contributed by atoms with Crippen molar-refractivity contribution < 1.29 is 38.8 Å². The van der Waals surface area contributed by atoms with Crippen LogP contribution in [0.5, 0.6) is 0 Å². The molecule has 1 saturated heterocycles. The van der Waals surface area contributed by atoms with Crippen LogP contribution in [0.15, 0.2) is 21.4 Å². The number of amides is 1. The molecule has 4 rings (SSSR count). The Morgan fingerprint density at radius 1 is 1.27 bits per heavy atom. The first kappa shape index (κ1) is 27.6. The number of aromatic nitrogens is 1. The van der Waals surface area contributed by atoms with Gasteiger partial charge in [0, 0.05) is 23.1 Å². The van der Waals surface area contributed by atoms with E-state index in [1.165, 1.54) is 34.9 Å². The summed E-state index contributed by atoms with van der Waals surface area (Å²) >= 11 is 2.63. The molecule has 2 aliphatic heterocycles. The molecule has 0 radical (unpaired) electrons. The van der Waals surface area contributed by atoms with Gasteiger partial charge in [0.2, 0.25) is 12.2 Å². The second-order valence-corrected chi connectivity index (χ2v) is 11.3. The number of hydrogen-bond donors (Lipinski definition) is 2. The van der Waals surface area contributed by atoms with Gasteiger partial charge in [-0.1, -0.05) is 25.1 Å². The Balaban J connectivity index is 1.46. The number of aliphatic hydroxyl groups excluding tert-OH is 2. The van der Waals surface area contributed by atoms with Gasteiger partial charge in [0.05, 0.1) is 30.4 Å². The normalized spacial score (nSPS) is 25.6. The number of carbonyl (C=O) groups is 3. The molecule has 1 amide bonds. The number of carbonyl (C=O) groups excluding carboxylic acids is 3. The average molecular weight is 553 g/mol. The van der Waals surface area contributed by atoms with Crippen molar-refractivity contribution in [1.82, 2.24) is 9.88 Å². The lowest BCUT2D eigenvalue weighted by Gasteiger charge is -2.46. The molecule has 1 aliphatic carbocycles. The third-order valence-corrected chi connectivity index (χ3v) is 8.74.